The molecule has 6 heteroatoms. The number of imidazole rings is 1. The molecule has 0 aliphatic carbocycles. The summed E-state index contributed by atoms with van der Waals surface area (Å²) in [7, 11) is 1.60. The number of unbranched alkanes of at least 4 members (excludes halogenated alkanes) is 1. The van der Waals surface area contributed by atoms with Crippen LogP contribution in [0.4, 0.5) is 0 Å². The molecule has 0 radical (unpaired) electrons. The lowest BCUT2D eigenvalue weighted by molar-refractivity contribution is -0.131. The Bertz CT molecular complexity index is 818. The molecule has 1 heterocycles. The van der Waals surface area contributed by atoms with E-state index >= 15 is 0 Å². The molecule has 0 N–H and O–H groups in total. The van der Waals surface area contributed by atoms with Crippen LogP contribution in [0.25, 0.3) is 11.0 Å². The van der Waals surface area contributed by atoms with Gasteiger partial charge in [-0.1, -0.05) is 34.1 Å². The molecular weight excluding hydrogens is 342 g/mol. The zero-order valence-electron chi connectivity index (χ0n) is 17.3. The Morgan fingerprint density at radius 2 is 1.93 bits per heavy atom. The minimum atomic E-state index is -0.584. The number of hydrogen-bond donors (Lipinski definition) is 0. The second-order valence-electron chi connectivity index (χ2n) is 7.78. The van der Waals surface area contributed by atoms with E-state index in [1.54, 1.807) is 11.7 Å². The summed E-state index contributed by atoms with van der Waals surface area (Å²) in [6.07, 6.45) is 1.99. The molecule has 2 rings (SSSR count). The Morgan fingerprint density at radius 1 is 1.22 bits per heavy atom. The predicted molar refractivity (Wildman–Crippen MR) is 107 cm³/mol. The van der Waals surface area contributed by atoms with Crippen molar-refractivity contribution in [1.29, 1.82) is 0 Å². The van der Waals surface area contributed by atoms with Crippen LogP contribution >= 0.6 is 0 Å². The van der Waals surface area contributed by atoms with Gasteiger partial charge in [0.25, 0.3) is 0 Å². The zero-order chi connectivity index (χ0) is 20.2. The average molecular weight is 373 g/mol. The summed E-state index contributed by atoms with van der Waals surface area (Å²) >= 11 is 0. The average Bonchev–Trinajstić information content (AvgIpc) is 2.98. The van der Waals surface area contributed by atoms with Crippen molar-refractivity contribution >= 4 is 22.7 Å². The first-order valence-corrected chi connectivity index (χ1v) is 9.59. The second-order valence-corrected chi connectivity index (χ2v) is 7.78. The maximum atomic E-state index is 13.0. The maximum Gasteiger partial charge on any atom is 0.242 e. The van der Waals surface area contributed by atoms with Gasteiger partial charge < -0.3 is 14.2 Å². The Morgan fingerprint density at radius 3 is 2.48 bits per heavy atom. The van der Waals surface area contributed by atoms with E-state index in [2.05, 4.69) is 11.9 Å². The quantitative estimate of drug-likeness (QED) is 0.658. The molecule has 0 saturated heterocycles. The number of carbonyl (C=O) groups is 2. The van der Waals surface area contributed by atoms with E-state index in [9.17, 15) is 9.59 Å². The molecule has 1 aromatic heterocycles. The van der Waals surface area contributed by atoms with E-state index < -0.39 is 5.41 Å². The number of aromatic nitrogens is 2. The number of fused-ring (bicyclic) bond motifs is 1. The summed E-state index contributed by atoms with van der Waals surface area (Å²) in [5.74, 6) is 0.910. The van der Waals surface area contributed by atoms with E-state index in [0.717, 1.165) is 24.9 Å². The molecule has 0 unspecified atom stereocenters. The Balaban J connectivity index is 2.50. The summed E-state index contributed by atoms with van der Waals surface area (Å²) in [6, 6.07) is 5.47. The smallest absolute Gasteiger partial charge is 0.242 e. The minimum absolute atomic E-state index is 0.00368. The number of amides is 1. The van der Waals surface area contributed by atoms with Gasteiger partial charge in [-0.15, -0.1) is 0 Å². The van der Waals surface area contributed by atoms with Gasteiger partial charge in [-0.3, -0.25) is 9.59 Å². The molecule has 0 spiro atoms. The normalized spacial score (nSPS) is 11.6. The monoisotopic (exact) mass is 373 g/mol. The second kappa shape index (κ2) is 8.55. The van der Waals surface area contributed by atoms with Gasteiger partial charge in [-0.05, 0) is 25.5 Å². The van der Waals surface area contributed by atoms with Crippen LogP contribution in [-0.4, -0.2) is 46.3 Å². The van der Waals surface area contributed by atoms with Gasteiger partial charge in [0.15, 0.2) is 5.82 Å². The fourth-order valence-corrected chi connectivity index (χ4v) is 2.94. The van der Waals surface area contributed by atoms with Crippen molar-refractivity contribution in [2.75, 3.05) is 20.2 Å². The summed E-state index contributed by atoms with van der Waals surface area (Å²) in [4.78, 5) is 32.2. The first-order valence-electron chi connectivity index (χ1n) is 9.59. The molecule has 0 aliphatic heterocycles. The number of benzene rings is 1. The number of methoxy groups -OCH3 is 1. The van der Waals surface area contributed by atoms with Crippen LogP contribution in [0.15, 0.2) is 18.2 Å². The van der Waals surface area contributed by atoms with Crippen LogP contribution < -0.4 is 4.74 Å². The fourth-order valence-electron chi connectivity index (χ4n) is 2.94. The summed E-state index contributed by atoms with van der Waals surface area (Å²) < 4.78 is 7.06. The zero-order valence-corrected chi connectivity index (χ0v) is 17.3. The Labute approximate surface area is 161 Å². The molecule has 0 saturated carbocycles. The first kappa shape index (κ1) is 20.9. The molecule has 27 heavy (non-hydrogen) atoms. The van der Waals surface area contributed by atoms with Crippen molar-refractivity contribution in [1.82, 2.24) is 14.5 Å². The largest absolute Gasteiger partial charge is 0.497 e. The van der Waals surface area contributed by atoms with Gasteiger partial charge >= 0.3 is 0 Å². The topological polar surface area (TPSA) is 64.4 Å². The van der Waals surface area contributed by atoms with E-state index in [-0.39, 0.29) is 18.2 Å². The Kier molecular flexibility index (Phi) is 6.63. The molecular formula is C21H31N3O3. The third kappa shape index (κ3) is 4.67. The predicted octanol–water partition coefficient (Wildman–Crippen LogP) is 3.92. The highest BCUT2D eigenvalue weighted by Crippen LogP contribution is 2.26. The number of nitrogens with zero attached hydrogens (tertiary/aromatic N) is 3. The van der Waals surface area contributed by atoms with E-state index in [4.69, 9.17) is 4.74 Å². The number of ether oxygens (including phenoxy) is 1. The molecule has 0 aliphatic rings. The molecule has 6 nitrogen and oxygen atoms in total. The number of carbonyl (C=O) groups excluding carboxylic acids is 2. The van der Waals surface area contributed by atoms with Gasteiger partial charge in [0.2, 0.25) is 11.7 Å². The highest BCUT2D eigenvalue weighted by Gasteiger charge is 2.29. The van der Waals surface area contributed by atoms with Crippen LogP contribution in [0.2, 0.25) is 0 Å². The highest BCUT2D eigenvalue weighted by molar-refractivity contribution is 6.00. The third-order valence-electron chi connectivity index (χ3n) is 4.65. The van der Waals surface area contributed by atoms with Crippen molar-refractivity contribution < 1.29 is 14.3 Å². The highest BCUT2D eigenvalue weighted by atomic mass is 16.5. The summed E-state index contributed by atoms with van der Waals surface area (Å²) in [5, 5.41) is 0. The number of likely N-dealkylation sites (N-methyl/N-ethyl adjacent to an activating group) is 1. The lowest BCUT2D eigenvalue weighted by Crippen LogP contribution is -2.35. The molecule has 1 aromatic carbocycles. The van der Waals surface area contributed by atoms with Crippen molar-refractivity contribution in [3.63, 3.8) is 0 Å². The van der Waals surface area contributed by atoms with Crippen molar-refractivity contribution in [3.8, 4) is 5.75 Å². The molecule has 0 fully saturated rings. The number of Topliss-reactive ketones (excluding diaryl/α,β-unsaturated/α-hetero) is 1. The summed E-state index contributed by atoms with van der Waals surface area (Å²) in [6.45, 7) is 11.1. The summed E-state index contributed by atoms with van der Waals surface area (Å²) in [5.41, 5.74) is 0.841. The molecule has 2 aromatic rings. The Hall–Kier alpha value is -2.37. The number of hydrogen-bond acceptors (Lipinski definition) is 4. The molecule has 1 amide bonds. The van der Waals surface area contributed by atoms with E-state index in [0.29, 0.717) is 23.6 Å². The van der Waals surface area contributed by atoms with Crippen molar-refractivity contribution in [2.24, 2.45) is 5.41 Å². The first-order chi connectivity index (χ1) is 12.7. The molecule has 0 bridgehead atoms. The van der Waals surface area contributed by atoms with Crippen molar-refractivity contribution in [2.45, 2.75) is 54.0 Å². The van der Waals surface area contributed by atoms with Gasteiger partial charge in [-0.25, -0.2) is 4.98 Å². The van der Waals surface area contributed by atoms with E-state index in [1.165, 1.54) is 0 Å². The SMILES string of the molecule is CCCCN(CC)C(=O)Cn1c(C(=O)C(C)(C)C)nc2ccc(OC)cc21. The lowest BCUT2D eigenvalue weighted by Gasteiger charge is -2.22. The van der Waals surface area contributed by atoms with Gasteiger partial charge in [-0.2, -0.15) is 0 Å². The van der Waals surface area contributed by atoms with Crippen molar-refractivity contribution in [3.05, 3.63) is 24.0 Å². The number of ketones is 1. The van der Waals surface area contributed by atoms with Gasteiger partial charge in [0.05, 0.1) is 18.1 Å². The van der Waals surface area contributed by atoms with Crippen LogP contribution in [0.1, 0.15) is 58.1 Å². The van der Waals surface area contributed by atoms with Crippen LogP contribution in [-0.2, 0) is 11.3 Å². The molecule has 0 atom stereocenters. The number of rotatable bonds is 8. The fraction of sp³-hybridized carbons (Fsp3) is 0.571. The molecule has 148 valence electrons. The van der Waals surface area contributed by atoms with Crippen LogP contribution in [0.3, 0.4) is 0 Å². The van der Waals surface area contributed by atoms with E-state index in [1.807, 2.05) is 50.8 Å². The standard InChI is InChI=1S/C21H31N3O3/c1-7-9-12-23(8-2)18(25)14-24-17-13-15(27-6)10-11-16(17)22-20(24)19(26)21(3,4)5/h10-11,13H,7-9,12,14H2,1-6H3. The van der Waals surface area contributed by atoms with Crippen LogP contribution in [0.5, 0.6) is 5.75 Å². The third-order valence-corrected chi connectivity index (χ3v) is 4.65. The lowest BCUT2D eigenvalue weighted by atomic mass is 9.90. The van der Waals surface area contributed by atoms with Crippen LogP contribution in [0, 0.1) is 5.41 Å². The van der Waals surface area contributed by atoms with Gasteiger partial charge in [0.1, 0.15) is 12.3 Å². The van der Waals surface area contributed by atoms with Gasteiger partial charge in [0, 0.05) is 24.6 Å². The minimum Gasteiger partial charge on any atom is -0.497 e. The maximum absolute atomic E-state index is 13.0.